The summed E-state index contributed by atoms with van der Waals surface area (Å²) in [6.45, 7) is 1.38. The molecule has 0 fully saturated rings. The zero-order valence-corrected chi connectivity index (χ0v) is 14.6. The lowest BCUT2D eigenvalue weighted by Crippen LogP contribution is -2.13. The van der Waals surface area contributed by atoms with E-state index in [1.807, 2.05) is 0 Å². The van der Waals surface area contributed by atoms with Gasteiger partial charge in [-0.1, -0.05) is 11.6 Å². The van der Waals surface area contributed by atoms with Gasteiger partial charge in [0.2, 0.25) is 5.91 Å². The predicted octanol–water partition coefficient (Wildman–Crippen LogP) is 3.46. The number of nitrogens with one attached hydrogen (secondary N) is 2. The summed E-state index contributed by atoms with van der Waals surface area (Å²) in [6, 6.07) is 6.51. The maximum absolute atomic E-state index is 12.3. The van der Waals surface area contributed by atoms with Crippen LogP contribution in [0.3, 0.4) is 0 Å². The molecule has 3 rings (SSSR count). The second-order valence-corrected chi connectivity index (χ2v) is 6.21. The second-order valence-electron chi connectivity index (χ2n) is 4.94. The zero-order valence-electron chi connectivity index (χ0n) is 13.0. The van der Waals surface area contributed by atoms with Crippen molar-refractivity contribution in [2.45, 2.75) is 6.92 Å². The number of rotatable bonds is 4. The Morgan fingerprint density at radius 1 is 1.16 bits per heavy atom. The lowest BCUT2D eigenvalue weighted by molar-refractivity contribution is -0.114. The maximum atomic E-state index is 12.3. The fraction of sp³-hybridized carbons (Fsp3) is 0.0625. The molecule has 0 radical (unpaired) electrons. The molecule has 0 aliphatic heterocycles. The Hall–Kier alpha value is -2.84. The molecule has 0 spiro atoms. The number of benzene rings is 1. The van der Waals surface area contributed by atoms with Gasteiger partial charge < -0.3 is 10.6 Å². The van der Waals surface area contributed by atoms with E-state index in [9.17, 15) is 9.59 Å². The largest absolute Gasteiger partial charge is 0.325 e. The topological polar surface area (TPSA) is 96.9 Å². The van der Waals surface area contributed by atoms with Gasteiger partial charge in [-0.15, -0.1) is 11.3 Å². The molecule has 9 heteroatoms. The molecule has 3 aromatic rings. The summed E-state index contributed by atoms with van der Waals surface area (Å²) >= 11 is 7.29. The highest BCUT2D eigenvalue weighted by atomic mass is 35.5. The predicted molar refractivity (Wildman–Crippen MR) is 96.8 cm³/mol. The van der Waals surface area contributed by atoms with Crippen molar-refractivity contribution in [3.63, 3.8) is 0 Å². The number of carbonyl (C=O) groups excluding carboxylic acids is 2. The third-order valence-corrected chi connectivity index (χ3v) is 4.20. The van der Waals surface area contributed by atoms with Crippen LogP contribution in [0.4, 0.5) is 11.4 Å². The zero-order chi connectivity index (χ0) is 17.8. The van der Waals surface area contributed by atoms with Crippen molar-refractivity contribution in [3.05, 3.63) is 52.8 Å². The van der Waals surface area contributed by atoms with Gasteiger partial charge in [-0.05, 0) is 24.3 Å². The smallest absolute Gasteiger partial charge is 0.275 e. The van der Waals surface area contributed by atoms with Crippen molar-refractivity contribution in [1.29, 1.82) is 0 Å². The van der Waals surface area contributed by atoms with Crippen LogP contribution >= 0.6 is 22.9 Å². The van der Waals surface area contributed by atoms with Gasteiger partial charge in [0.1, 0.15) is 5.69 Å². The van der Waals surface area contributed by atoms with Gasteiger partial charge in [-0.25, -0.2) is 15.0 Å². The Kier molecular flexibility index (Phi) is 5.01. The average Bonchev–Trinajstić information content (AvgIpc) is 3.08. The van der Waals surface area contributed by atoms with E-state index in [2.05, 4.69) is 25.6 Å². The van der Waals surface area contributed by atoms with Crippen LogP contribution in [-0.4, -0.2) is 26.8 Å². The molecule has 0 bridgehead atoms. The van der Waals surface area contributed by atoms with Crippen molar-refractivity contribution in [2.75, 3.05) is 10.6 Å². The Morgan fingerprint density at radius 2 is 1.92 bits per heavy atom. The first-order valence-corrected chi connectivity index (χ1v) is 8.40. The van der Waals surface area contributed by atoms with Crippen LogP contribution < -0.4 is 10.6 Å². The van der Waals surface area contributed by atoms with Crippen molar-refractivity contribution < 1.29 is 9.59 Å². The third-order valence-electron chi connectivity index (χ3n) is 3.03. The molecule has 7 nitrogen and oxygen atoms in total. The molecule has 0 unspecified atom stereocenters. The first kappa shape index (κ1) is 17.0. The average molecular weight is 374 g/mol. The molecule has 1 aromatic carbocycles. The molecule has 0 atom stereocenters. The third kappa shape index (κ3) is 4.17. The van der Waals surface area contributed by atoms with E-state index in [0.29, 0.717) is 27.2 Å². The molecule has 0 aliphatic carbocycles. The molecule has 0 saturated carbocycles. The molecule has 0 aliphatic rings. The fourth-order valence-electron chi connectivity index (χ4n) is 1.97. The molecule has 2 N–H and O–H groups in total. The van der Waals surface area contributed by atoms with E-state index < -0.39 is 0 Å². The minimum Gasteiger partial charge on any atom is -0.325 e. The Labute approximate surface area is 152 Å². The monoisotopic (exact) mass is 373 g/mol. The first-order valence-electron chi connectivity index (χ1n) is 7.14. The molecule has 126 valence electrons. The Morgan fingerprint density at radius 3 is 2.64 bits per heavy atom. The van der Waals surface area contributed by atoms with Gasteiger partial charge in [-0.3, -0.25) is 9.59 Å². The molecule has 0 saturated heterocycles. The quantitative estimate of drug-likeness (QED) is 0.729. The van der Waals surface area contributed by atoms with Crippen molar-refractivity contribution >= 4 is 46.1 Å². The van der Waals surface area contributed by atoms with Gasteiger partial charge in [0, 0.05) is 30.4 Å². The number of hydrogen-bond acceptors (Lipinski definition) is 6. The Bertz CT molecular complexity index is 929. The van der Waals surface area contributed by atoms with Crippen molar-refractivity contribution in [1.82, 2.24) is 15.0 Å². The lowest BCUT2D eigenvalue weighted by atomic mass is 10.2. The molecular formula is C16H12ClN5O2S. The minimum absolute atomic E-state index is 0.252. The van der Waals surface area contributed by atoms with E-state index >= 15 is 0 Å². The Balaban J connectivity index is 1.77. The van der Waals surface area contributed by atoms with Crippen LogP contribution in [0.2, 0.25) is 5.02 Å². The summed E-state index contributed by atoms with van der Waals surface area (Å²) in [5, 5.41) is 7.89. The highest BCUT2D eigenvalue weighted by Gasteiger charge is 2.14. The summed E-state index contributed by atoms with van der Waals surface area (Å²) in [5.41, 5.74) is 1.16. The van der Waals surface area contributed by atoms with Crippen molar-refractivity contribution in [2.24, 2.45) is 0 Å². The van der Waals surface area contributed by atoms with Crippen LogP contribution in [0.25, 0.3) is 10.8 Å². The lowest BCUT2D eigenvalue weighted by Gasteiger charge is -2.08. The van der Waals surface area contributed by atoms with E-state index in [1.54, 1.807) is 42.0 Å². The number of thiazole rings is 1. The number of halogens is 1. The molecular weight excluding hydrogens is 362 g/mol. The van der Waals surface area contributed by atoms with Crippen LogP contribution in [0.5, 0.6) is 0 Å². The summed E-state index contributed by atoms with van der Waals surface area (Å²) in [7, 11) is 0. The van der Waals surface area contributed by atoms with Gasteiger partial charge >= 0.3 is 0 Å². The number of carbonyl (C=O) groups is 2. The normalized spacial score (nSPS) is 10.3. The maximum Gasteiger partial charge on any atom is 0.275 e. The number of nitrogens with zero attached hydrogens (tertiary/aromatic N) is 3. The summed E-state index contributed by atoms with van der Waals surface area (Å²) in [6.07, 6.45) is 3.22. The first-order chi connectivity index (χ1) is 12.0. The minimum atomic E-state index is -0.380. The van der Waals surface area contributed by atoms with Gasteiger partial charge in [0.25, 0.3) is 5.91 Å². The fourth-order valence-corrected chi connectivity index (χ4v) is 2.88. The van der Waals surface area contributed by atoms with E-state index in [-0.39, 0.29) is 17.5 Å². The van der Waals surface area contributed by atoms with E-state index in [1.165, 1.54) is 18.3 Å². The van der Waals surface area contributed by atoms with Gasteiger partial charge in [0.15, 0.2) is 10.8 Å². The highest BCUT2D eigenvalue weighted by molar-refractivity contribution is 7.13. The molecule has 2 amide bonds. The highest BCUT2D eigenvalue weighted by Crippen LogP contribution is 2.26. The van der Waals surface area contributed by atoms with Crippen LogP contribution in [0.1, 0.15) is 17.4 Å². The number of hydrogen-bond donors (Lipinski definition) is 2. The van der Waals surface area contributed by atoms with E-state index in [4.69, 9.17) is 11.6 Å². The number of amides is 2. The van der Waals surface area contributed by atoms with Crippen LogP contribution in [0.15, 0.2) is 42.0 Å². The van der Waals surface area contributed by atoms with Gasteiger partial charge in [-0.2, -0.15) is 0 Å². The number of anilines is 2. The van der Waals surface area contributed by atoms with Crippen LogP contribution in [0, 0.1) is 0 Å². The summed E-state index contributed by atoms with van der Waals surface area (Å²) in [5.74, 6) is -0.169. The van der Waals surface area contributed by atoms with E-state index in [0.717, 1.165) is 0 Å². The van der Waals surface area contributed by atoms with Gasteiger partial charge in [0.05, 0.1) is 10.7 Å². The van der Waals surface area contributed by atoms with Crippen LogP contribution in [-0.2, 0) is 4.79 Å². The van der Waals surface area contributed by atoms with Crippen molar-refractivity contribution in [3.8, 4) is 10.8 Å². The number of aromatic nitrogens is 3. The second kappa shape index (κ2) is 7.37. The standard InChI is InChI=1S/C16H12ClN5O2S/c1-9(23)20-12-7-10(3-4-11(12)17)21-15(24)13-8-25-16(22-13)14-18-5-2-6-19-14/h2-8H,1H3,(H,20,23)(H,21,24). The molecule has 25 heavy (non-hydrogen) atoms. The molecule has 2 heterocycles. The summed E-state index contributed by atoms with van der Waals surface area (Å²) in [4.78, 5) is 36.0. The summed E-state index contributed by atoms with van der Waals surface area (Å²) < 4.78 is 0. The SMILES string of the molecule is CC(=O)Nc1cc(NC(=O)c2csc(-c3ncccn3)n2)ccc1Cl. The molecule has 2 aromatic heterocycles.